The maximum absolute atomic E-state index is 13.8. The first-order valence-electron chi connectivity index (χ1n) is 5.36. The van der Waals surface area contributed by atoms with Crippen LogP contribution in [0.1, 0.15) is 12.6 Å². The molecule has 1 aromatic heterocycles. The van der Waals surface area contributed by atoms with Gasteiger partial charge < -0.3 is 14.9 Å². The molecule has 1 aliphatic rings. The minimum Gasteiger partial charge on any atom is -0.393 e. The van der Waals surface area contributed by atoms with Crippen LogP contribution in [0.2, 0.25) is 0 Å². The average Bonchev–Trinajstić information content (AvgIpc) is 2.67. The number of nitrogens with one attached hydrogen (secondary N) is 1. The summed E-state index contributed by atoms with van der Waals surface area (Å²) in [7, 11) is 0. The lowest BCUT2D eigenvalue weighted by Crippen LogP contribution is -2.39. The maximum Gasteiger partial charge on any atom is 0.330 e. The molecule has 2 atom stereocenters. The van der Waals surface area contributed by atoms with Crippen molar-refractivity contribution in [2.75, 3.05) is 13.2 Å². The number of ether oxygens (including phenoxy) is 1. The van der Waals surface area contributed by atoms with E-state index in [0.717, 1.165) is 16.8 Å². The number of H-pyrrole nitrogens is 1. The maximum atomic E-state index is 13.8. The number of aromatic amines is 1. The molecule has 2 rings (SSSR count). The van der Waals surface area contributed by atoms with E-state index < -0.39 is 42.5 Å². The molecule has 0 unspecified atom stereocenters. The average molecular weight is 260 g/mol. The lowest BCUT2D eigenvalue weighted by atomic mass is 10.0. The molecule has 2 heterocycles. The highest BCUT2D eigenvalue weighted by Gasteiger charge is 2.47. The Morgan fingerprint density at radius 3 is 2.67 bits per heavy atom. The molecular formula is C10H13FN2O5. The van der Waals surface area contributed by atoms with Gasteiger partial charge in [-0.05, 0) is 0 Å². The summed E-state index contributed by atoms with van der Waals surface area (Å²) < 4.78 is 19.9. The molecule has 0 saturated carbocycles. The van der Waals surface area contributed by atoms with Gasteiger partial charge in [-0.25, -0.2) is 9.18 Å². The van der Waals surface area contributed by atoms with Crippen molar-refractivity contribution in [3.8, 4) is 0 Å². The molecule has 1 fully saturated rings. The number of alkyl halides is 1. The number of aliphatic hydroxyl groups is 2. The van der Waals surface area contributed by atoms with E-state index in [9.17, 15) is 14.0 Å². The third kappa shape index (κ3) is 2.09. The van der Waals surface area contributed by atoms with Crippen molar-refractivity contribution in [3.05, 3.63) is 33.1 Å². The Balaban J connectivity index is 2.35. The second kappa shape index (κ2) is 4.63. The van der Waals surface area contributed by atoms with Gasteiger partial charge >= 0.3 is 5.69 Å². The highest BCUT2D eigenvalue weighted by molar-refractivity contribution is 4.95. The van der Waals surface area contributed by atoms with Crippen LogP contribution < -0.4 is 11.2 Å². The van der Waals surface area contributed by atoms with Gasteiger partial charge in [0.1, 0.15) is 11.8 Å². The van der Waals surface area contributed by atoms with Gasteiger partial charge in [0, 0.05) is 18.7 Å². The van der Waals surface area contributed by atoms with Crippen LogP contribution in [0, 0.1) is 0 Å². The second-order valence-corrected chi connectivity index (χ2v) is 4.25. The van der Waals surface area contributed by atoms with Crippen LogP contribution in [-0.2, 0) is 4.74 Å². The third-order valence-electron chi connectivity index (χ3n) is 2.95. The van der Waals surface area contributed by atoms with Crippen LogP contribution in [-0.4, -0.2) is 44.8 Å². The molecule has 0 aromatic carbocycles. The second-order valence-electron chi connectivity index (χ2n) is 4.25. The summed E-state index contributed by atoms with van der Waals surface area (Å²) in [6.07, 6.45) is -1.94. The predicted octanol–water partition coefficient (Wildman–Crippen LogP) is -1.48. The SMILES string of the molecule is O=c1ccn([C@@H]2OC(CO)(CO)C[C@@H]2F)c(=O)[nH]1. The Morgan fingerprint density at radius 2 is 2.17 bits per heavy atom. The van der Waals surface area contributed by atoms with E-state index in [0.29, 0.717) is 0 Å². The fourth-order valence-electron chi connectivity index (χ4n) is 1.95. The van der Waals surface area contributed by atoms with Gasteiger partial charge in [-0.3, -0.25) is 14.3 Å². The van der Waals surface area contributed by atoms with Crippen LogP contribution in [0.3, 0.4) is 0 Å². The largest absolute Gasteiger partial charge is 0.393 e. The summed E-state index contributed by atoms with van der Waals surface area (Å²) in [4.78, 5) is 24.4. The molecule has 1 aliphatic heterocycles. The molecule has 0 aliphatic carbocycles. The lowest BCUT2D eigenvalue weighted by Gasteiger charge is -2.24. The van der Waals surface area contributed by atoms with E-state index in [1.165, 1.54) is 0 Å². The molecule has 8 heteroatoms. The molecule has 0 spiro atoms. The van der Waals surface area contributed by atoms with Crippen LogP contribution in [0.25, 0.3) is 0 Å². The summed E-state index contributed by atoms with van der Waals surface area (Å²) in [5, 5.41) is 18.2. The number of hydrogen-bond donors (Lipinski definition) is 3. The van der Waals surface area contributed by atoms with E-state index in [1.54, 1.807) is 0 Å². The van der Waals surface area contributed by atoms with Crippen LogP contribution in [0.4, 0.5) is 4.39 Å². The van der Waals surface area contributed by atoms with Crippen molar-refractivity contribution < 1.29 is 19.3 Å². The molecule has 1 aromatic rings. The summed E-state index contributed by atoms with van der Waals surface area (Å²) in [5.41, 5.74) is -2.80. The van der Waals surface area contributed by atoms with Gasteiger partial charge in [0.15, 0.2) is 6.23 Å². The Morgan fingerprint density at radius 1 is 1.50 bits per heavy atom. The minimum absolute atomic E-state index is 0.226. The number of rotatable bonds is 3. The highest BCUT2D eigenvalue weighted by atomic mass is 19.1. The minimum atomic E-state index is -1.56. The van der Waals surface area contributed by atoms with Gasteiger partial charge in [0.05, 0.1) is 13.2 Å². The van der Waals surface area contributed by atoms with Crippen molar-refractivity contribution in [3.63, 3.8) is 0 Å². The standard InChI is InChI=1S/C10H13FN2O5/c11-6-3-10(4-14,5-15)18-8(6)13-2-1-7(16)12-9(13)17/h1-2,6,8,14-15H,3-5H2,(H,12,16,17)/t6-,8+/m0/s1. The first-order valence-corrected chi connectivity index (χ1v) is 5.36. The number of nitrogens with zero attached hydrogens (tertiary/aromatic N) is 1. The summed E-state index contributed by atoms with van der Waals surface area (Å²) in [6, 6.07) is 1.06. The summed E-state index contributed by atoms with van der Waals surface area (Å²) in [5.74, 6) is 0. The Labute approximate surface area is 100 Å². The molecule has 3 N–H and O–H groups in total. The van der Waals surface area contributed by atoms with E-state index in [4.69, 9.17) is 14.9 Å². The molecule has 0 amide bonds. The zero-order valence-corrected chi connectivity index (χ0v) is 9.38. The van der Waals surface area contributed by atoms with Crippen molar-refractivity contribution in [1.82, 2.24) is 9.55 Å². The molecule has 7 nitrogen and oxygen atoms in total. The fourth-order valence-corrected chi connectivity index (χ4v) is 1.95. The third-order valence-corrected chi connectivity index (χ3v) is 2.95. The van der Waals surface area contributed by atoms with E-state index in [2.05, 4.69) is 0 Å². The van der Waals surface area contributed by atoms with Crippen molar-refractivity contribution in [2.45, 2.75) is 24.4 Å². The van der Waals surface area contributed by atoms with E-state index in [1.807, 2.05) is 4.98 Å². The first-order chi connectivity index (χ1) is 8.51. The molecule has 1 saturated heterocycles. The zero-order valence-electron chi connectivity index (χ0n) is 9.38. The van der Waals surface area contributed by atoms with Gasteiger partial charge in [-0.1, -0.05) is 0 Å². The Kier molecular flexibility index (Phi) is 3.33. The van der Waals surface area contributed by atoms with Gasteiger partial charge in [-0.2, -0.15) is 0 Å². The van der Waals surface area contributed by atoms with Crippen LogP contribution >= 0.6 is 0 Å². The zero-order chi connectivity index (χ0) is 13.3. The number of halogens is 1. The molecule has 100 valence electrons. The van der Waals surface area contributed by atoms with Crippen molar-refractivity contribution in [2.24, 2.45) is 0 Å². The fraction of sp³-hybridized carbons (Fsp3) is 0.600. The smallest absolute Gasteiger partial charge is 0.330 e. The molecule has 0 radical (unpaired) electrons. The first kappa shape index (κ1) is 12.9. The van der Waals surface area contributed by atoms with Gasteiger partial charge in [0.25, 0.3) is 5.56 Å². The molecule has 0 bridgehead atoms. The monoisotopic (exact) mass is 260 g/mol. The lowest BCUT2D eigenvalue weighted by molar-refractivity contribution is -0.126. The van der Waals surface area contributed by atoms with Gasteiger partial charge in [-0.15, -0.1) is 0 Å². The number of hydrogen-bond acceptors (Lipinski definition) is 5. The summed E-state index contributed by atoms with van der Waals surface area (Å²) in [6.45, 7) is -1.11. The normalized spacial score (nSPS) is 26.4. The van der Waals surface area contributed by atoms with Crippen molar-refractivity contribution in [1.29, 1.82) is 0 Å². The molecule has 18 heavy (non-hydrogen) atoms. The number of aromatic nitrogens is 2. The Hall–Kier alpha value is -1.51. The summed E-state index contributed by atoms with van der Waals surface area (Å²) >= 11 is 0. The quantitative estimate of drug-likeness (QED) is 0.614. The van der Waals surface area contributed by atoms with E-state index in [-0.39, 0.29) is 6.42 Å². The Bertz CT molecular complexity index is 536. The van der Waals surface area contributed by atoms with Crippen LogP contribution in [0.15, 0.2) is 21.9 Å². The number of aliphatic hydroxyl groups excluding tert-OH is 2. The molecular weight excluding hydrogens is 247 g/mol. The van der Waals surface area contributed by atoms with E-state index >= 15 is 0 Å². The van der Waals surface area contributed by atoms with Gasteiger partial charge in [0.2, 0.25) is 0 Å². The topological polar surface area (TPSA) is 105 Å². The van der Waals surface area contributed by atoms with Crippen LogP contribution in [0.5, 0.6) is 0 Å². The highest BCUT2D eigenvalue weighted by Crippen LogP contribution is 2.37. The van der Waals surface area contributed by atoms with Crippen molar-refractivity contribution >= 4 is 0 Å². The predicted molar refractivity (Wildman–Crippen MR) is 57.9 cm³/mol.